The van der Waals surface area contributed by atoms with Gasteiger partial charge in [0.25, 0.3) is 0 Å². The van der Waals surface area contributed by atoms with E-state index in [0.29, 0.717) is 10.3 Å². The quantitative estimate of drug-likeness (QED) is 0.818. The van der Waals surface area contributed by atoms with Crippen molar-refractivity contribution in [3.05, 3.63) is 40.6 Å². The molecule has 0 bridgehead atoms. The summed E-state index contributed by atoms with van der Waals surface area (Å²) in [4.78, 5) is 2.29. The minimum atomic E-state index is -3.56. The van der Waals surface area contributed by atoms with E-state index in [1.54, 1.807) is 12.3 Å². The van der Waals surface area contributed by atoms with Gasteiger partial charge in [-0.25, -0.2) is 13.1 Å². The summed E-state index contributed by atoms with van der Waals surface area (Å²) in [5.41, 5.74) is 0. The van der Waals surface area contributed by atoms with E-state index < -0.39 is 10.0 Å². The van der Waals surface area contributed by atoms with Gasteiger partial charge < -0.3 is 4.42 Å². The van der Waals surface area contributed by atoms with E-state index in [1.807, 2.05) is 12.1 Å². The summed E-state index contributed by atoms with van der Waals surface area (Å²) >= 11 is 6.91. The zero-order valence-electron chi connectivity index (χ0n) is 13.4. The highest BCUT2D eigenvalue weighted by Gasteiger charge is 2.28. The van der Waals surface area contributed by atoms with E-state index >= 15 is 0 Å². The predicted molar refractivity (Wildman–Crippen MR) is 95.9 cm³/mol. The summed E-state index contributed by atoms with van der Waals surface area (Å²) in [5.74, 6) is 1.50. The molecule has 8 heteroatoms. The fourth-order valence-corrected chi connectivity index (χ4v) is 5.50. The maximum Gasteiger partial charge on any atom is 0.250 e. The molecule has 1 fully saturated rings. The van der Waals surface area contributed by atoms with Gasteiger partial charge in [0.1, 0.15) is 9.97 Å². The first-order valence-corrected chi connectivity index (χ1v) is 10.7. The molecule has 1 saturated heterocycles. The molecule has 3 rings (SSSR count). The van der Waals surface area contributed by atoms with Crippen LogP contribution in [0, 0.1) is 5.92 Å². The molecule has 0 saturated carbocycles. The van der Waals surface area contributed by atoms with Crippen molar-refractivity contribution in [2.75, 3.05) is 19.6 Å². The van der Waals surface area contributed by atoms with Crippen LogP contribution in [0.4, 0.5) is 0 Å². The lowest BCUT2D eigenvalue weighted by atomic mass is 9.97. The van der Waals surface area contributed by atoms with E-state index in [-0.39, 0.29) is 16.8 Å². The molecular formula is C16H21ClN2O3S2. The molecule has 5 nitrogen and oxygen atoms in total. The molecule has 3 heterocycles. The Labute approximate surface area is 151 Å². The number of furan rings is 1. The highest BCUT2D eigenvalue weighted by atomic mass is 35.5. The number of hydrogen-bond acceptors (Lipinski definition) is 5. The molecule has 2 aromatic rings. The Morgan fingerprint density at radius 2 is 2.12 bits per heavy atom. The number of sulfonamides is 1. The van der Waals surface area contributed by atoms with Crippen LogP contribution >= 0.6 is 22.9 Å². The van der Waals surface area contributed by atoms with Crippen LogP contribution < -0.4 is 4.72 Å². The minimum absolute atomic E-state index is 0.0993. The average Bonchev–Trinajstić information content (AvgIpc) is 3.21. The standard InChI is InChI=1S/C16H21ClN2O3S2/c1-12-6-8-19(9-7-12)13(14-3-2-10-22-14)11-18-24(20,21)16-5-4-15(17)23-16/h2-5,10,12-13,18H,6-9,11H2,1H3. The van der Waals surface area contributed by atoms with Gasteiger partial charge in [0.05, 0.1) is 16.6 Å². The minimum Gasteiger partial charge on any atom is -0.468 e. The van der Waals surface area contributed by atoms with Crippen molar-refractivity contribution in [1.29, 1.82) is 0 Å². The SMILES string of the molecule is CC1CCN(C(CNS(=O)(=O)c2ccc(Cl)s2)c2ccco2)CC1. The summed E-state index contributed by atoms with van der Waals surface area (Å²) in [6.07, 6.45) is 3.86. The zero-order chi connectivity index (χ0) is 17.2. The number of halogens is 1. The topological polar surface area (TPSA) is 62.6 Å². The van der Waals surface area contributed by atoms with E-state index in [1.165, 1.54) is 6.07 Å². The van der Waals surface area contributed by atoms with Crippen LogP contribution in [-0.4, -0.2) is 33.0 Å². The number of thiophene rings is 1. The van der Waals surface area contributed by atoms with Gasteiger partial charge in [-0.15, -0.1) is 11.3 Å². The van der Waals surface area contributed by atoms with E-state index in [9.17, 15) is 8.42 Å². The Morgan fingerprint density at radius 1 is 1.38 bits per heavy atom. The molecule has 0 radical (unpaired) electrons. The second-order valence-corrected chi connectivity index (χ2v) is 9.87. The lowest BCUT2D eigenvalue weighted by Gasteiger charge is -2.35. The molecule has 0 amide bonds. The van der Waals surface area contributed by atoms with Gasteiger partial charge in [-0.3, -0.25) is 4.90 Å². The first kappa shape index (κ1) is 17.9. The highest BCUT2D eigenvalue weighted by Crippen LogP contribution is 2.28. The zero-order valence-corrected chi connectivity index (χ0v) is 15.8. The molecule has 1 N–H and O–H groups in total. The number of rotatable bonds is 6. The third kappa shape index (κ3) is 4.21. The number of piperidine rings is 1. The summed E-state index contributed by atoms with van der Waals surface area (Å²) in [6, 6.07) is 6.76. The summed E-state index contributed by atoms with van der Waals surface area (Å²) in [5, 5.41) is 0. The van der Waals surface area contributed by atoms with Crippen LogP contribution in [0.15, 0.2) is 39.2 Å². The summed E-state index contributed by atoms with van der Waals surface area (Å²) < 4.78 is 33.9. The van der Waals surface area contributed by atoms with Crippen LogP contribution in [0.25, 0.3) is 0 Å². The third-order valence-corrected chi connectivity index (χ3v) is 7.56. The molecule has 1 unspecified atom stereocenters. The Kier molecular flexibility index (Phi) is 5.66. The fraction of sp³-hybridized carbons (Fsp3) is 0.500. The maximum atomic E-state index is 12.4. The Balaban J connectivity index is 1.73. The van der Waals surface area contributed by atoms with Crippen LogP contribution in [0.5, 0.6) is 0 Å². The Hall–Kier alpha value is -0.860. The van der Waals surface area contributed by atoms with Gasteiger partial charge in [-0.2, -0.15) is 0 Å². The van der Waals surface area contributed by atoms with Crippen molar-refractivity contribution in [1.82, 2.24) is 9.62 Å². The van der Waals surface area contributed by atoms with Crippen LogP contribution in [0.2, 0.25) is 4.34 Å². The first-order chi connectivity index (χ1) is 11.5. The van der Waals surface area contributed by atoms with Gasteiger partial charge >= 0.3 is 0 Å². The second kappa shape index (κ2) is 7.58. The molecule has 1 aliphatic rings. The van der Waals surface area contributed by atoms with Gasteiger partial charge in [-0.1, -0.05) is 18.5 Å². The Morgan fingerprint density at radius 3 is 2.71 bits per heavy atom. The van der Waals surface area contributed by atoms with Gasteiger partial charge in [-0.05, 0) is 56.1 Å². The van der Waals surface area contributed by atoms with Crippen molar-refractivity contribution in [3.63, 3.8) is 0 Å². The number of nitrogens with one attached hydrogen (secondary N) is 1. The van der Waals surface area contributed by atoms with Gasteiger partial charge in [0.15, 0.2) is 0 Å². The van der Waals surface area contributed by atoms with E-state index in [2.05, 4.69) is 16.5 Å². The molecule has 1 aliphatic heterocycles. The molecular weight excluding hydrogens is 368 g/mol. The number of likely N-dealkylation sites (tertiary alicyclic amines) is 1. The summed E-state index contributed by atoms with van der Waals surface area (Å²) in [6.45, 7) is 4.42. The van der Waals surface area contributed by atoms with Gasteiger partial charge in [0.2, 0.25) is 10.0 Å². The third-order valence-electron chi connectivity index (χ3n) is 4.41. The average molecular weight is 389 g/mol. The van der Waals surface area contributed by atoms with Crippen molar-refractivity contribution in [3.8, 4) is 0 Å². The van der Waals surface area contributed by atoms with Crippen molar-refractivity contribution >= 4 is 33.0 Å². The molecule has 1 atom stereocenters. The number of nitrogens with zero attached hydrogens (tertiary/aromatic N) is 1. The highest BCUT2D eigenvalue weighted by molar-refractivity contribution is 7.91. The fourth-order valence-electron chi connectivity index (χ4n) is 2.93. The smallest absolute Gasteiger partial charge is 0.250 e. The van der Waals surface area contributed by atoms with E-state index in [4.69, 9.17) is 16.0 Å². The normalized spacial score (nSPS) is 18.8. The molecule has 0 aromatic carbocycles. The predicted octanol–water partition coefficient (Wildman–Crippen LogP) is 3.75. The van der Waals surface area contributed by atoms with Gasteiger partial charge in [0, 0.05) is 6.54 Å². The molecule has 24 heavy (non-hydrogen) atoms. The maximum absolute atomic E-state index is 12.4. The molecule has 132 valence electrons. The summed E-state index contributed by atoms with van der Waals surface area (Å²) in [7, 11) is -3.56. The van der Waals surface area contributed by atoms with E-state index in [0.717, 1.165) is 43.0 Å². The molecule has 2 aromatic heterocycles. The largest absolute Gasteiger partial charge is 0.468 e. The van der Waals surface area contributed by atoms with Crippen LogP contribution in [0.3, 0.4) is 0 Å². The van der Waals surface area contributed by atoms with Crippen molar-refractivity contribution in [2.24, 2.45) is 5.92 Å². The van der Waals surface area contributed by atoms with Crippen molar-refractivity contribution < 1.29 is 12.8 Å². The van der Waals surface area contributed by atoms with Crippen LogP contribution in [-0.2, 0) is 10.0 Å². The Bertz CT molecular complexity index is 750. The first-order valence-electron chi connectivity index (χ1n) is 7.98. The number of hydrogen-bond donors (Lipinski definition) is 1. The second-order valence-electron chi connectivity index (χ2n) is 6.16. The lowest BCUT2D eigenvalue weighted by Crippen LogP contribution is -2.41. The monoisotopic (exact) mass is 388 g/mol. The lowest BCUT2D eigenvalue weighted by molar-refractivity contribution is 0.125. The van der Waals surface area contributed by atoms with Crippen molar-refractivity contribution in [2.45, 2.75) is 30.0 Å². The van der Waals surface area contributed by atoms with Crippen LogP contribution in [0.1, 0.15) is 31.6 Å². The molecule has 0 spiro atoms. The molecule has 0 aliphatic carbocycles.